The van der Waals surface area contributed by atoms with Crippen LogP contribution in [0.25, 0.3) is 22.2 Å². The summed E-state index contributed by atoms with van der Waals surface area (Å²) in [5.41, 5.74) is 4.95. The zero-order valence-electron chi connectivity index (χ0n) is 14.2. The Morgan fingerprint density at radius 1 is 1.12 bits per heavy atom. The Morgan fingerprint density at radius 3 is 2.46 bits per heavy atom. The standard InChI is InChI=1S/C21H21NO2/c1-4-14(3)15-6-8-16(9-7-15)20-12-18(21(23)24)17-11-13(2)5-10-19(17)22-20/h5-12,14H,4H2,1-3H3,(H,23,24). The van der Waals surface area contributed by atoms with Gasteiger partial charge in [0.2, 0.25) is 0 Å². The molecule has 3 rings (SSSR count). The summed E-state index contributed by atoms with van der Waals surface area (Å²) in [5, 5.41) is 10.2. The molecule has 122 valence electrons. The first-order valence-electron chi connectivity index (χ1n) is 8.24. The number of hydrogen-bond acceptors (Lipinski definition) is 2. The van der Waals surface area contributed by atoms with E-state index >= 15 is 0 Å². The van der Waals surface area contributed by atoms with Gasteiger partial charge in [0.05, 0.1) is 16.8 Å². The van der Waals surface area contributed by atoms with Gasteiger partial charge in [0.25, 0.3) is 0 Å². The largest absolute Gasteiger partial charge is 0.478 e. The van der Waals surface area contributed by atoms with E-state index in [-0.39, 0.29) is 0 Å². The van der Waals surface area contributed by atoms with Crippen LogP contribution in [0.2, 0.25) is 0 Å². The molecule has 0 aliphatic rings. The van der Waals surface area contributed by atoms with E-state index in [0.29, 0.717) is 28.1 Å². The third kappa shape index (κ3) is 3.02. The Balaban J connectivity index is 2.13. The Labute approximate surface area is 142 Å². The summed E-state index contributed by atoms with van der Waals surface area (Å²) < 4.78 is 0. The summed E-state index contributed by atoms with van der Waals surface area (Å²) in [6.45, 7) is 6.32. The van der Waals surface area contributed by atoms with Gasteiger partial charge in [-0.1, -0.05) is 49.7 Å². The van der Waals surface area contributed by atoms with Crippen LogP contribution < -0.4 is 0 Å². The predicted molar refractivity (Wildman–Crippen MR) is 97.6 cm³/mol. The quantitative estimate of drug-likeness (QED) is 0.698. The first-order valence-corrected chi connectivity index (χ1v) is 8.24. The molecule has 1 atom stereocenters. The molecule has 1 unspecified atom stereocenters. The number of aromatic carboxylic acids is 1. The van der Waals surface area contributed by atoms with E-state index in [1.807, 2.05) is 37.3 Å². The van der Waals surface area contributed by atoms with E-state index in [9.17, 15) is 9.90 Å². The van der Waals surface area contributed by atoms with Crippen molar-refractivity contribution in [1.82, 2.24) is 4.98 Å². The summed E-state index contributed by atoms with van der Waals surface area (Å²) in [4.78, 5) is 16.3. The molecule has 0 aliphatic carbocycles. The van der Waals surface area contributed by atoms with Crippen LogP contribution in [0.3, 0.4) is 0 Å². The summed E-state index contributed by atoms with van der Waals surface area (Å²) in [6, 6.07) is 15.6. The fourth-order valence-corrected chi connectivity index (χ4v) is 2.88. The average molecular weight is 319 g/mol. The molecule has 1 heterocycles. The third-order valence-electron chi connectivity index (χ3n) is 4.58. The topological polar surface area (TPSA) is 50.2 Å². The number of nitrogens with zero attached hydrogens (tertiary/aromatic N) is 1. The van der Waals surface area contributed by atoms with Gasteiger partial charge in [-0.3, -0.25) is 0 Å². The highest BCUT2D eigenvalue weighted by Gasteiger charge is 2.13. The lowest BCUT2D eigenvalue weighted by molar-refractivity contribution is 0.0699. The molecule has 3 heteroatoms. The van der Waals surface area contributed by atoms with Crippen molar-refractivity contribution < 1.29 is 9.90 Å². The van der Waals surface area contributed by atoms with Crippen molar-refractivity contribution in [2.24, 2.45) is 0 Å². The van der Waals surface area contributed by atoms with Crippen molar-refractivity contribution in [2.45, 2.75) is 33.1 Å². The van der Waals surface area contributed by atoms with Gasteiger partial charge in [-0.2, -0.15) is 0 Å². The summed E-state index contributed by atoms with van der Waals surface area (Å²) in [6.07, 6.45) is 1.09. The van der Waals surface area contributed by atoms with Crippen LogP contribution in [0, 0.1) is 6.92 Å². The van der Waals surface area contributed by atoms with Crippen LogP contribution in [0.5, 0.6) is 0 Å². The molecule has 1 N–H and O–H groups in total. The lowest BCUT2D eigenvalue weighted by Crippen LogP contribution is -2.00. The van der Waals surface area contributed by atoms with Crippen molar-refractivity contribution in [2.75, 3.05) is 0 Å². The molecule has 0 radical (unpaired) electrons. The minimum atomic E-state index is -0.925. The van der Waals surface area contributed by atoms with Gasteiger partial charge in [-0.15, -0.1) is 0 Å². The molecule has 1 aromatic heterocycles. The van der Waals surface area contributed by atoms with E-state index in [4.69, 9.17) is 0 Å². The van der Waals surface area contributed by atoms with Gasteiger partial charge < -0.3 is 5.11 Å². The monoisotopic (exact) mass is 319 g/mol. The van der Waals surface area contributed by atoms with E-state index < -0.39 is 5.97 Å². The molecule has 0 spiro atoms. The Bertz CT molecular complexity index is 898. The Hall–Kier alpha value is -2.68. The lowest BCUT2D eigenvalue weighted by atomic mass is 9.96. The SMILES string of the molecule is CCC(C)c1ccc(-c2cc(C(=O)O)c3cc(C)ccc3n2)cc1. The molecular weight excluding hydrogens is 298 g/mol. The van der Waals surface area contributed by atoms with Gasteiger partial charge in [0.1, 0.15) is 0 Å². The number of hydrogen-bond donors (Lipinski definition) is 1. The molecule has 0 amide bonds. The highest BCUT2D eigenvalue weighted by Crippen LogP contribution is 2.27. The minimum Gasteiger partial charge on any atom is -0.478 e. The van der Waals surface area contributed by atoms with Gasteiger partial charge in [-0.25, -0.2) is 9.78 Å². The molecule has 0 fully saturated rings. The number of carboxylic acids is 1. The molecule has 3 nitrogen and oxygen atoms in total. The number of fused-ring (bicyclic) bond motifs is 1. The van der Waals surface area contributed by atoms with E-state index in [0.717, 1.165) is 17.5 Å². The summed E-state index contributed by atoms with van der Waals surface area (Å²) >= 11 is 0. The van der Waals surface area contributed by atoms with Crippen LogP contribution >= 0.6 is 0 Å². The summed E-state index contributed by atoms with van der Waals surface area (Å²) in [5.74, 6) is -0.411. The van der Waals surface area contributed by atoms with Crippen molar-refractivity contribution in [1.29, 1.82) is 0 Å². The maximum atomic E-state index is 11.7. The maximum Gasteiger partial charge on any atom is 0.336 e. The van der Waals surface area contributed by atoms with Crippen LogP contribution in [0.1, 0.15) is 47.7 Å². The average Bonchev–Trinajstić information content (AvgIpc) is 2.60. The van der Waals surface area contributed by atoms with Crippen molar-refractivity contribution >= 4 is 16.9 Å². The zero-order chi connectivity index (χ0) is 17.3. The molecule has 0 saturated heterocycles. The molecule has 2 aromatic carbocycles. The van der Waals surface area contributed by atoms with Gasteiger partial charge in [0.15, 0.2) is 0 Å². The van der Waals surface area contributed by atoms with Crippen molar-refractivity contribution in [3.63, 3.8) is 0 Å². The number of rotatable bonds is 4. The van der Waals surface area contributed by atoms with Crippen molar-refractivity contribution in [3.05, 3.63) is 65.2 Å². The minimum absolute atomic E-state index is 0.296. The first kappa shape index (κ1) is 16.2. The van der Waals surface area contributed by atoms with Crippen LogP contribution in [0.15, 0.2) is 48.5 Å². The fraction of sp³-hybridized carbons (Fsp3) is 0.238. The van der Waals surface area contributed by atoms with Crippen LogP contribution in [-0.4, -0.2) is 16.1 Å². The Morgan fingerprint density at radius 2 is 1.83 bits per heavy atom. The molecule has 24 heavy (non-hydrogen) atoms. The van der Waals surface area contributed by atoms with Crippen LogP contribution in [0.4, 0.5) is 0 Å². The van der Waals surface area contributed by atoms with E-state index in [1.54, 1.807) is 6.07 Å². The second-order valence-electron chi connectivity index (χ2n) is 6.31. The number of carboxylic acid groups (broad SMARTS) is 1. The van der Waals surface area contributed by atoms with E-state index in [2.05, 4.69) is 31.0 Å². The molecule has 0 bridgehead atoms. The smallest absolute Gasteiger partial charge is 0.336 e. The second-order valence-corrected chi connectivity index (χ2v) is 6.31. The lowest BCUT2D eigenvalue weighted by Gasteiger charge is -2.11. The van der Waals surface area contributed by atoms with E-state index in [1.165, 1.54) is 5.56 Å². The zero-order valence-corrected chi connectivity index (χ0v) is 14.2. The first-order chi connectivity index (χ1) is 11.5. The highest BCUT2D eigenvalue weighted by molar-refractivity contribution is 6.03. The maximum absolute atomic E-state index is 11.7. The predicted octanol–water partition coefficient (Wildman–Crippen LogP) is 5.42. The number of carbonyl (C=O) groups is 1. The number of benzene rings is 2. The normalized spacial score (nSPS) is 12.3. The summed E-state index contributed by atoms with van der Waals surface area (Å²) in [7, 11) is 0. The van der Waals surface area contributed by atoms with Gasteiger partial charge in [-0.05, 0) is 43.0 Å². The van der Waals surface area contributed by atoms with Gasteiger partial charge in [0, 0.05) is 10.9 Å². The Kier molecular flexibility index (Phi) is 4.34. The van der Waals surface area contributed by atoms with Crippen molar-refractivity contribution in [3.8, 4) is 11.3 Å². The third-order valence-corrected chi connectivity index (χ3v) is 4.58. The van der Waals surface area contributed by atoms with Crippen LogP contribution in [-0.2, 0) is 0 Å². The molecule has 3 aromatic rings. The molecule has 0 aliphatic heterocycles. The number of pyridine rings is 1. The molecule has 0 saturated carbocycles. The number of aryl methyl sites for hydroxylation is 1. The highest BCUT2D eigenvalue weighted by atomic mass is 16.4. The van der Waals surface area contributed by atoms with Gasteiger partial charge >= 0.3 is 5.97 Å². The number of aromatic nitrogens is 1. The fourth-order valence-electron chi connectivity index (χ4n) is 2.88. The molecular formula is C21H21NO2. The second kappa shape index (κ2) is 6.44.